The van der Waals surface area contributed by atoms with Crippen molar-refractivity contribution in [2.45, 2.75) is 6.54 Å². The van der Waals surface area contributed by atoms with Gasteiger partial charge in [0.15, 0.2) is 0 Å². The van der Waals surface area contributed by atoms with Gasteiger partial charge in [0.25, 0.3) is 0 Å². The summed E-state index contributed by atoms with van der Waals surface area (Å²) >= 11 is 3.45. The summed E-state index contributed by atoms with van der Waals surface area (Å²) in [4.78, 5) is 10.3. The molecule has 1 aromatic carbocycles. The Bertz CT molecular complexity index is 582. The van der Waals surface area contributed by atoms with Gasteiger partial charge in [-0.3, -0.25) is 5.41 Å². The number of nitrogens with one attached hydrogen (secondary N) is 1. The van der Waals surface area contributed by atoms with Crippen LogP contribution in [0.5, 0.6) is 0 Å². The highest BCUT2D eigenvalue weighted by atomic mass is 79.9. The van der Waals surface area contributed by atoms with E-state index in [-0.39, 0.29) is 5.84 Å². The molecule has 2 aromatic rings. The standard InChI is InChI=1S/C13H14BrN5/c1-19(8-9-3-2-4-10(14)5-9)12-7-17-11(6-18-12)13(15)16/h2-7H,8H2,1H3,(H3,15,16). The van der Waals surface area contributed by atoms with Gasteiger partial charge in [0.05, 0.1) is 12.4 Å². The highest BCUT2D eigenvalue weighted by Crippen LogP contribution is 2.15. The quantitative estimate of drug-likeness (QED) is 0.668. The van der Waals surface area contributed by atoms with E-state index in [1.54, 1.807) is 6.20 Å². The molecule has 0 fully saturated rings. The van der Waals surface area contributed by atoms with Crippen molar-refractivity contribution in [3.05, 3.63) is 52.4 Å². The maximum atomic E-state index is 7.27. The summed E-state index contributed by atoms with van der Waals surface area (Å²) < 4.78 is 1.05. The van der Waals surface area contributed by atoms with E-state index in [4.69, 9.17) is 11.1 Å². The summed E-state index contributed by atoms with van der Waals surface area (Å²) in [7, 11) is 1.94. The Hall–Kier alpha value is -1.95. The van der Waals surface area contributed by atoms with Gasteiger partial charge in [0.2, 0.25) is 0 Å². The molecule has 0 amide bonds. The number of hydrogen-bond donors (Lipinski definition) is 2. The minimum atomic E-state index is -0.0753. The smallest absolute Gasteiger partial charge is 0.147 e. The summed E-state index contributed by atoms with van der Waals surface area (Å²) in [6, 6.07) is 8.11. The largest absolute Gasteiger partial charge is 0.382 e. The van der Waals surface area contributed by atoms with Crippen LogP contribution >= 0.6 is 15.9 Å². The Morgan fingerprint density at radius 2 is 2.16 bits per heavy atom. The maximum Gasteiger partial charge on any atom is 0.147 e. The van der Waals surface area contributed by atoms with Gasteiger partial charge in [0.1, 0.15) is 17.3 Å². The second kappa shape index (κ2) is 5.79. The molecule has 0 unspecified atom stereocenters. The van der Waals surface area contributed by atoms with Gasteiger partial charge < -0.3 is 10.6 Å². The minimum absolute atomic E-state index is 0.0753. The zero-order valence-corrected chi connectivity index (χ0v) is 12.1. The molecular formula is C13H14BrN5. The number of nitrogens with two attached hydrogens (primary N) is 1. The average molecular weight is 320 g/mol. The first-order valence-corrected chi connectivity index (χ1v) is 6.47. The summed E-state index contributed by atoms with van der Waals surface area (Å²) in [5.74, 6) is 0.665. The van der Waals surface area contributed by atoms with Crippen molar-refractivity contribution >= 4 is 27.6 Å². The third kappa shape index (κ3) is 3.51. The van der Waals surface area contributed by atoms with Crippen molar-refractivity contribution in [1.29, 1.82) is 5.41 Å². The molecule has 0 saturated heterocycles. The van der Waals surface area contributed by atoms with Crippen LogP contribution in [0.3, 0.4) is 0 Å². The topological polar surface area (TPSA) is 78.9 Å². The summed E-state index contributed by atoms with van der Waals surface area (Å²) in [6.07, 6.45) is 3.13. The highest BCUT2D eigenvalue weighted by molar-refractivity contribution is 9.10. The van der Waals surface area contributed by atoms with Crippen molar-refractivity contribution in [3.8, 4) is 0 Å². The average Bonchev–Trinajstić information content (AvgIpc) is 2.39. The van der Waals surface area contributed by atoms with Crippen LogP contribution in [0.1, 0.15) is 11.3 Å². The minimum Gasteiger partial charge on any atom is -0.382 e. The van der Waals surface area contributed by atoms with Crippen LogP contribution in [0.15, 0.2) is 41.1 Å². The van der Waals surface area contributed by atoms with Crippen LogP contribution in [0.25, 0.3) is 0 Å². The molecule has 1 aromatic heterocycles. The summed E-state index contributed by atoms with van der Waals surface area (Å²) in [5, 5.41) is 7.27. The molecule has 2 rings (SSSR count). The third-order valence-corrected chi connectivity index (χ3v) is 3.11. The Kier molecular flexibility index (Phi) is 4.11. The molecule has 0 spiro atoms. The number of amidine groups is 1. The van der Waals surface area contributed by atoms with Gasteiger partial charge >= 0.3 is 0 Å². The first kappa shape index (κ1) is 13.5. The molecule has 98 valence electrons. The lowest BCUT2D eigenvalue weighted by Gasteiger charge is -2.18. The fourth-order valence-corrected chi connectivity index (χ4v) is 2.09. The Morgan fingerprint density at radius 1 is 1.37 bits per heavy atom. The first-order chi connectivity index (χ1) is 9.06. The second-order valence-electron chi connectivity index (χ2n) is 4.16. The molecule has 0 bridgehead atoms. The van der Waals surface area contributed by atoms with E-state index in [0.29, 0.717) is 5.69 Å². The van der Waals surface area contributed by atoms with Crippen LogP contribution < -0.4 is 10.6 Å². The zero-order chi connectivity index (χ0) is 13.8. The van der Waals surface area contributed by atoms with E-state index >= 15 is 0 Å². The van der Waals surface area contributed by atoms with E-state index in [1.165, 1.54) is 11.8 Å². The summed E-state index contributed by atoms with van der Waals surface area (Å²) in [6.45, 7) is 0.730. The molecule has 0 aliphatic rings. The van der Waals surface area contributed by atoms with Gasteiger partial charge in [-0.05, 0) is 17.7 Å². The number of nitrogen functional groups attached to an aromatic ring is 1. The Labute approximate surface area is 120 Å². The van der Waals surface area contributed by atoms with E-state index in [1.807, 2.05) is 24.1 Å². The van der Waals surface area contributed by atoms with Crippen LogP contribution in [-0.2, 0) is 6.54 Å². The number of anilines is 1. The number of hydrogen-bond acceptors (Lipinski definition) is 4. The fraction of sp³-hybridized carbons (Fsp3) is 0.154. The predicted molar refractivity (Wildman–Crippen MR) is 79.3 cm³/mol. The molecule has 0 atom stereocenters. The second-order valence-corrected chi connectivity index (χ2v) is 5.08. The van der Waals surface area contributed by atoms with Gasteiger partial charge in [-0.1, -0.05) is 28.1 Å². The monoisotopic (exact) mass is 319 g/mol. The molecule has 0 radical (unpaired) electrons. The third-order valence-electron chi connectivity index (χ3n) is 2.61. The molecule has 5 nitrogen and oxygen atoms in total. The van der Waals surface area contributed by atoms with Crippen LogP contribution in [-0.4, -0.2) is 22.9 Å². The normalized spacial score (nSPS) is 10.2. The predicted octanol–water partition coefficient (Wildman–Crippen LogP) is 2.16. The number of benzene rings is 1. The lowest BCUT2D eigenvalue weighted by atomic mass is 10.2. The molecular weight excluding hydrogens is 306 g/mol. The van der Waals surface area contributed by atoms with Crippen molar-refractivity contribution < 1.29 is 0 Å². The molecule has 0 saturated carbocycles. The number of aromatic nitrogens is 2. The van der Waals surface area contributed by atoms with Gasteiger partial charge in [0, 0.05) is 18.1 Å². The molecule has 6 heteroatoms. The van der Waals surface area contributed by atoms with Crippen LogP contribution in [0.2, 0.25) is 0 Å². The molecule has 1 heterocycles. The van der Waals surface area contributed by atoms with Crippen molar-refractivity contribution in [3.63, 3.8) is 0 Å². The van der Waals surface area contributed by atoms with E-state index in [2.05, 4.69) is 38.0 Å². The highest BCUT2D eigenvalue weighted by Gasteiger charge is 2.06. The Morgan fingerprint density at radius 3 is 2.74 bits per heavy atom. The number of rotatable bonds is 4. The van der Waals surface area contributed by atoms with Gasteiger partial charge in [-0.15, -0.1) is 0 Å². The van der Waals surface area contributed by atoms with E-state index in [0.717, 1.165) is 16.8 Å². The van der Waals surface area contributed by atoms with Crippen molar-refractivity contribution in [2.24, 2.45) is 5.73 Å². The van der Waals surface area contributed by atoms with E-state index in [9.17, 15) is 0 Å². The fourth-order valence-electron chi connectivity index (χ4n) is 1.65. The van der Waals surface area contributed by atoms with E-state index < -0.39 is 0 Å². The van der Waals surface area contributed by atoms with Crippen LogP contribution in [0.4, 0.5) is 5.82 Å². The SMILES string of the molecule is CN(Cc1cccc(Br)c1)c1cnc(C(=N)N)cn1. The molecule has 3 N–H and O–H groups in total. The lowest BCUT2D eigenvalue weighted by molar-refractivity contribution is 0.888. The summed E-state index contributed by atoms with van der Waals surface area (Å²) in [5.41, 5.74) is 6.91. The lowest BCUT2D eigenvalue weighted by Crippen LogP contribution is -2.19. The molecule has 0 aliphatic carbocycles. The molecule has 0 aliphatic heterocycles. The maximum absolute atomic E-state index is 7.27. The number of halogens is 1. The Balaban J connectivity index is 2.11. The van der Waals surface area contributed by atoms with Crippen LogP contribution in [0, 0.1) is 5.41 Å². The molecule has 19 heavy (non-hydrogen) atoms. The van der Waals surface area contributed by atoms with Gasteiger partial charge in [-0.25, -0.2) is 9.97 Å². The van der Waals surface area contributed by atoms with Crippen molar-refractivity contribution in [1.82, 2.24) is 9.97 Å². The van der Waals surface area contributed by atoms with Crippen molar-refractivity contribution in [2.75, 3.05) is 11.9 Å². The van der Waals surface area contributed by atoms with Gasteiger partial charge in [-0.2, -0.15) is 0 Å². The first-order valence-electron chi connectivity index (χ1n) is 5.68. The zero-order valence-electron chi connectivity index (χ0n) is 10.5. The number of nitrogens with zero attached hydrogens (tertiary/aromatic N) is 3.